The summed E-state index contributed by atoms with van der Waals surface area (Å²) in [4.78, 5) is 18.9. The summed E-state index contributed by atoms with van der Waals surface area (Å²) in [6.07, 6.45) is 3.00. The molecule has 124 valence electrons. The smallest absolute Gasteiger partial charge is 0.262 e. The first kappa shape index (κ1) is 15.4. The van der Waals surface area contributed by atoms with Crippen LogP contribution in [0.5, 0.6) is 0 Å². The van der Waals surface area contributed by atoms with Crippen molar-refractivity contribution in [1.82, 2.24) is 9.55 Å². The van der Waals surface area contributed by atoms with Gasteiger partial charge in [-0.25, -0.2) is 13.8 Å². The van der Waals surface area contributed by atoms with Crippen molar-refractivity contribution in [3.63, 3.8) is 0 Å². The van der Waals surface area contributed by atoms with Crippen molar-refractivity contribution in [3.05, 3.63) is 62.5 Å². The molecule has 24 heavy (non-hydrogen) atoms. The monoisotopic (exact) mass is 348 g/mol. The van der Waals surface area contributed by atoms with Gasteiger partial charge in [-0.15, -0.1) is 11.3 Å². The minimum absolute atomic E-state index is 0.0426. The van der Waals surface area contributed by atoms with Gasteiger partial charge >= 0.3 is 0 Å². The second-order valence-corrected chi connectivity index (χ2v) is 7.00. The number of thiophene rings is 1. The summed E-state index contributed by atoms with van der Waals surface area (Å²) in [6.45, 7) is -0.130. The zero-order chi connectivity index (χ0) is 16.8. The number of rotatable bonds is 3. The number of benzene rings is 1. The van der Waals surface area contributed by atoms with Gasteiger partial charge in [0.05, 0.1) is 24.4 Å². The van der Waals surface area contributed by atoms with Crippen LogP contribution in [0.25, 0.3) is 10.2 Å². The second-order valence-electron chi connectivity index (χ2n) is 5.92. The highest BCUT2D eigenvalue weighted by atomic mass is 32.1. The van der Waals surface area contributed by atoms with E-state index in [0.29, 0.717) is 16.3 Å². The van der Waals surface area contributed by atoms with E-state index < -0.39 is 17.7 Å². The van der Waals surface area contributed by atoms with Crippen molar-refractivity contribution in [2.75, 3.05) is 0 Å². The number of hydrogen-bond acceptors (Lipinski definition) is 4. The first-order chi connectivity index (χ1) is 11.5. The molecule has 0 fully saturated rings. The lowest BCUT2D eigenvalue weighted by atomic mass is 10.1. The zero-order valence-electron chi connectivity index (χ0n) is 12.6. The predicted molar refractivity (Wildman–Crippen MR) is 87.2 cm³/mol. The Hall–Kier alpha value is -2.12. The van der Waals surface area contributed by atoms with E-state index in [-0.39, 0.29) is 17.7 Å². The Morgan fingerprint density at radius 2 is 2.17 bits per heavy atom. The number of aliphatic hydroxyl groups excluding tert-OH is 1. The maximum atomic E-state index is 13.8. The Labute approximate surface area is 140 Å². The van der Waals surface area contributed by atoms with Crippen LogP contribution in [0, 0.1) is 11.6 Å². The molecule has 0 amide bonds. The maximum Gasteiger partial charge on any atom is 0.262 e. The van der Waals surface area contributed by atoms with E-state index >= 15 is 0 Å². The molecule has 1 unspecified atom stereocenters. The van der Waals surface area contributed by atoms with Crippen LogP contribution in [-0.4, -0.2) is 14.7 Å². The molecule has 4 rings (SSSR count). The topological polar surface area (TPSA) is 55.1 Å². The fourth-order valence-electron chi connectivity index (χ4n) is 3.21. The van der Waals surface area contributed by atoms with E-state index in [4.69, 9.17) is 0 Å². The molecule has 7 heteroatoms. The number of aromatic nitrogens is 2. The third kappa shape index (κ3) is 2.44. The molecular formula is C17H14F2N2O2S. The lowest BCUT2D eigenvalue weighted by molar-refractivity contribution is 0.150. The van der Waals surface area contributed by atoms with Crippen LogP contribution < -0.4 is 5.56 Å². The molecule has 0 radical (unpaired) electrons. The van der Waals surface area contributed by atoms with Gasteiger partial charge in [0, 0.05) is 16.5 Å². The first-order valence-corrected chi connectivity index (χ1v) is 8.49. The number of fused-ring (bicyclic) bond motifs is 3. The van der Waals surface area contributed by atoms with Crippen LogP contribution in [0.15, 0.2) is 29.3 Å². The van der Waals surface area contributed by atoms with Crippen LogP contribution in [0.2, 0.25) is 0 Å². The minimum Gasteiger partial charge on any atom is -0.386 e. The van der Waals surface area contributed by atoms with Crippen molar-refractivity contribution < 1.29 is 13.9 Å². The van der Waals surface area contributed by atoms with Crippen molar-refractivity contribution in [2.45, 2.75) is 31.9 Å². The van der Waals surface area contributed by atoms with Gasteiger partial charge in [-0.2, -0.15) is 0 Å². The predicted octanol–water partition coefficient (Wildman–Crippen LogP) is 2.96. The molecule has 1 N–H and O–H groups in total. The molecule has 3 aromatic rings. The van der Waals surface area contributed by atoms with E-state index in [0.717, 1.165) is 30.9 Å². The molecule has 0 bridgehead atoms. The number of hydrogen-bond donors (Lipinski definition) is 1. The fourth-order valence-corrected chi connectivity index (χ4v) is 4.43. The molecule has 1 atom stereocenters. The second kappa shape index (κ2) is 5.75. The molecule has 2 heterocycles. The first-order valence-electron chi connectivity index (χ1n) is 7.67. The summed E-state index contributed by atoms with van der Waals surface area (Å²) in [5.41, 5.74) is 0.796. The van der Waals surface area contributed by atoms with E-state index in [1.165, 1.54) is 33.2 Å². The number of aryl methyl sites for hydroxylation is 2. The quantitative estimate of drug-likeness (QED) is 0.792. The average Bonchev–Trinajstić information content (AvgIpc) is 3.10. The number of aliphatic hydroxyl groups is 1. The summed E-state index contributed by atoms with van der Waals surface area (Å²) in [7, 11) is 0. The SMILES string of the molecule is O=c1c2c3c(sc2ncn1CC(O)c1ccc(F)cc1F)CCC3. The maximum absolute atomic E-state index is 13.8. The molecule has 4 nitrogen and oxygen atoms in total. The van der Waals surface area contributed by atoms with Gasteiger partial charge in [-0.1, -0.05) is 6.07 Å². The lowest BCUT2D eigenvalue weighted by Crippen LogP contribution is -2.24. The Morgan fingerprint density at radius 1 is 1.33 bits per heavy atom. The Morgan fingerprint density at radius 3 is 2.96 bits per heavy atom. The number of halogens is 2. The summed E-state index contributed by atoms with van der Waals surface area (Å²) >= 11 is 1.54. The summed E-state index contributed by atoms with van der Waals surface area (Å²) in [5.74, 6) is -1.54. The Bertz CT molecular complexity index is 996. The van der Waals surface area contributed by atoms with Gasteiger partial charge < -0.3 is 5.11 Å². The summed E-state index contributed by atoms with van der Waals surface area (Å²) in [6, 6.07) is 2.99. The molecule has 1 aromatic carbocycles. The van der Waals surface area contributed by atoms with Gasteiger partial charge in [0.15, 0.2) is 0 Å². The van der Waals surface area contributed by atoms with Gasteiger partial charge in [-0.05, 0) is 30.9 Å². The van der Waals surface area contributed by atoms with Crippen molar-refractivity contribution in [3.8, 4) is 0 Å². The van der Waals surface area contributed by atoms with Crippen LogP contribution in [0.3, 0.4) is 0 Å². The van der Waals surface area contributed by atoms with Gasteiger partial charge in [0.1, 0.15) is 16.5 Å². The highest BCUT2D eigenvalue weighted by Gasteiger charge is 2.22. The molecule has 1 aliphatic rings. The summed E-state index contributed by atoms with van der Waals surface area (Å²) in [5, 5.41) is 10.9. The largest absolute Gasteiger partial charge is 0.386 e. The highest BCUT2D eigenvalue weighted by Crippen LogP contribution is 2.34. The number of nitrogens with zero attached hydrogens (tertiary/aromatic N) is 2. The lowest BCUT2D eigenvalue weighted by Gasteiger charge is -2.13. The highest BCUT2D eigenvalue weighted by molar-refractivity contribution is 7.18. The van der Waals surface area contributed by atoms with E-state index in [9.17, 15) is 18.7 Å². The molecule has 2 aromatic heterocycles. The molecule has 0 saturated heterocycles. The van der Waals surface area contributed by atoms with Crippen molar-refractivity contribution in [1.29, 1.82) is 0 Å². The normalized spacial score (nSPS) is 15.0. The van der Waals surface area contributed by atoms with Crippen LogP contribution in [0.1, 0.15) is 28.5 Å². The van der Waals surface area contributed by atoms with Crippen LogP contribution >= 0.6 is 11.3 Å². The van der Waals surface area contributed by atoms with Crippen LogP contribution in [-0.2, 0) is 19.4 Å². The fraction of sp³-hybridized carbons (Fsp3) is 0.294. The zero-order valence-corrected chi connectivity index (χ0v) is 13.4. The Balaban J connectivity index is 1.72. The molecule has 0 aliphatic heterocycles. The van der Waals surface area contributed by atoms with E-state index in [1.807, 2.05) is 0 Å². The van der Waals surface area contributed by atoms with Gasteiger partial charge in [0.25, 0.3) is 5.56 Å². The molecular weight excluding hydrogens is 334 g/mol. The minimum atomic E-state index is -1.26. The van der Waals surface area contributed by atoms with Crippen molar-refractivity contribution >= 4 is 21.6 Å². The van der Waals surface area contributed by atoms with Gasteiger partial charge in [-0.3, -0.25) is 9.36 Å². The van der Waals surface area contributed by atoms with E-state index in [2.05, 4.69) is 4.98 Å². The third-order valence-electron chi connectivity index (χ3n) is 4.38. The van der Waals surface area contributed by atoms with Crippen LogP contribution in [0.4, 0.5) is 8.78 Å². The van der Waals surface area contributed by atoms with E-state index in [1.54, 1.807) is 0 Å². The van der Waals surface area contributed by atoms with Gasteiger partial charge in [0.2, 0.25) is 0 Å². The van der Waals surface area contributed by atoms with Crippen molar-refractivity contribution in [2.24, 2.45) is 0 Å². The molecule has 0 spiro atoms. The Kier molecular flexibility index (Phi) is 3.69. The molecule has 0 saturated carbocycles. The summed E-state index contributed by atoms with van der Waals surface area (Å²) < 4.78 is 28.1. The average molecular weight is 348 g/mol. The third-order valence-corrected chi connectivity index (χ3v) is 5.58. The molecule has 1 aliphatic carbocycles. The standard InChI is InChI=1S/C17H14F2N2O2S/c18-9-4-5-10(12(19)6-9)13(22)7-21-8-20-16-15(17(21)23)11-2-1-3-14(11)24-16/h4-6,8,13,22H,1-3,7H2.